The molecule has 10 heteroatoms. The molecule has 0 bridgehead atoms. The van der Waals surface area contributed by atoms with Crippen LogP contribution in [0.25, 0.3) is 0 Å². The predicted octanol–water partition coefficient (Wildman–Crippen LogP) is 2.34. The van der Waals surface area contributed by atoms with Crippen LogP contribution in [0.4, 0.5) is 13.2 Å². The lowest BCUT2D eigenvalue weighted by atomic mass is 10.1. The molecule has 5 nitrogen and oxygen atoms in total. The molecule has 0 amide bonds. The summed E-state index contributed by atoms with van der Waals surface area (Å²) in [6, 6.07) is 0.427. The SMILES string of the molecule is COCC1CCCC(SC)=N1.O=S(=O)(O)C(F)(F)F. The minimum absolute atomic E-state index is 0.427. The molecule has 1 aliphatic heterocycles. The van der Waals surface area contributed by atoms with Crippen LogP contribution in [0.3, 0.4) is 0 Å². The van der Waals surface area contributed by atoms with Crippen molar-refractivity contribution in [3.63, 3.8) is 0 Å². The van der Waals surface area contributed by atoms with Crippen LogP contribution in [0.5, 0.6) is 0 Å². The van der Waals surface area contributed by atoms with Gasteiger partial charge in [-0.05, 0) is 25.5 Å². The summed E-state index contributed by atoms with van der Waals surface area (Å²) in [5, 5.41) is 1.29. The lowest BCUT2D eigenvalue weighted by molar-refractivity contribution is -0.0510. The van der Waals surface area contributed by atoms with Gasteiger partial charge in [-0.2, -0.15) is 21.6 Å². The van der Waals surface area contributed by atoms with Crippen LogP contribution in [0.2, 0.25) is 0 Å². The van der Waals surface area contributed by atoms with E-state index in [9.17, 15) is 13.2 Å². The highest BCUT2D eigenvalue weighted by molar-refractivity contribution is 8.13. The van der Waals surface area contributed by atoms with Crippen LogP contribution in [-0.2, 0) is 14.9 Å². The molecule has 0 aliphatic carbocycles. The monoisotopic (exact) mass is 323 g/mol. The topological polar surface area (TPSA) is 76.0 Å². The van der Waals surface area contributed by atoms with Crippen LogP contribution in [0.1, 0.15) is 19.3 Å². The van der Waals surface area contributed by atoms with Gasteiger partial charge in [0.2, 0.25) is 0 Å². The van der Waals surface area contributed by atoms with Crippen LogP contribution in [0, 0.1) is 0 Å². The van der Waals surface area contributed by atoms with E-state index in [0.29, 0.717) is 6.04 Å². The summed E-state index contributed by atoms with van der Waals surface area (Å²) in [6.45, 7) is 0.782. The first-order chi connectivity index (χ1) is 8.61. The molecule has 1 heterocycles. The number of alkyl halides is 3. The van der Waals surface area contributed by atoms with E-state index in [4.69, 9.17) is 17.7 Å². The van der Waals surface area contributed by atoms with Crippen LogP contribution in [0.15, 0.2) is 4.99 Å². The van der Waals surface area contributed by atoms with Crippen molar-refractivity contribution in [2.45, 2.75) is 30.8 Å². The number of methoxy groups -OCH3 is 1. The number of hydrogen-bond acceptors (Lipinski definition) is 5. The number of nitrogens with zero attached hydrogens (tertiary/aromatic N) is 1. The Morgan fingerprint density at radius 3 is 2.42 bits per heavy atom. The standard InChI is InChI=1S/C8H15NOS.CHF3O3S/c1-10-6-7-4-3-5-8(9-7)11-2;2-1(3,4)8(5,6)7/h7H,3-6H2,1-2H3;(H,5,6,7). The summed E-state index contributed by atoms with van der Waals surface area (Å²) < 4.78 is 62.6. The highest BCUT2D eigenvalue weighted by atomic mass is 32.2. The van der Waals surface area contributed by atoms with Gasteiger partial charge in [0.05, 0.1) is 17.7 Å². The summed E-state index contributed by atoms with van der Waals surface area (Å²) in [7, 11) is -4.10. The lowest BCUT2D eigenvalue weighted by Gasteiger charge is -2.18. The third kappa shape index (κ3) is 7.75. The van der Waals surface area contributed by atoms with Gasteiger partial charge >= 0.3 is 15.6 Å². The summed E-state index contributed by atoms with van der Waals surface area (Å²) >= 11 is 1.77. The third-order valence-corrected chi connectivity index (χ3v) is 3.51. The van der Waals surface area contributed by atoms with E-state index in [1.807, 2.05) is 0 Å². The van der Waals surface area contributed by atoms with Gasteiger partial charge < -0.3 is 4.74 Å². The van der Waals surface area contributed by atoms with Crippen molar-refractivity contribution in [2.75, 3.05) is 20.0 Å². The van der Waals surface area contributed by atoms with E-state index in [-0.39, 0.29) is 0 Å². The second kappa shape index (κ2) is 8.08. The van der Waals surface area contributed by atoms with Gasteiger partial charge in [-0.15, -0.1) is 11.8 Å². The fourth-order valence-electron chi connectivity index (χ4n) is 1.29. The zero-order chi connectivity index (χ0) is 15.1. The molecule has 1 unspecified atom stereocenters. The third-order valence-electron chi connectivity index (χ3n) is 2.14. The average Bonchev–Trinajstić information content (AvgIpc) is 2.28. The zero-order valence-electron chi connectivity index (χ0n) is 10.5. The van der Waals surface area contributed by atoms with Crippen molar-refractivity contribution in [1.29, 1.82) is 0 Å². The quantitative estimate of drug-likeness (QED) is 0.623. The smallest absolute Gasteiger partial charge is 0.382 e. The van der Waals surface area contributed by atoms with Gasteiger partial charge in [0.15, 0.2) is 0 Å². The molecule has 1 atom stereocenters. The molecule has 0 aromatic rings. The van der Waals surface area contributed by atoms with Crippen LogP contribution in [-0.4, -0.2) is 49.5 Å². The van der Waals surface area contributed by atoms with Gasteiger partial charge in [-0.25, -0.2) is 0 Å². The number of thioether (sulfide) groups is 1. The second-order valence-electron chi connectivity index (χ2n) is 3.65. The first-order valence-corrected chi connectivity index (χ1v) is 7.91. The Labute approximate surface area is 114 Å². The Morgan fingerprint density at radius 2 is 2.05 bits per heavy atom. The molecule has 114 valence electrons. The molecule has 1 N–H and O–H groups in total. The Balaban J connectivity index is 0.000000362. The van der Waals surface area contributed by atoms with Gasteiger partial charge in [0.25, 0.3) is 0 Å². The zero-order valence-corrected chi connectivity index (χ0v) is 12.1. The predicted molar refractivity (Wildman–Crippen MR) is 68.1 cm³/mol. The number of hydrogen-bond donors (Lipinski definition) is 1. The van der Waals surface area contributed by atoms with Crippen molar-refractivity contribution < 1.29 is 30.9 Å². The van der Waals surface area contributed by atoms with E-state index in [1.165, 1.54) is 24.3 Å². The Morgan fingerprint density at radius 1 is 1.53 bits per heavy atom. The van der Waals surface area contributed by atoms with Crippen molar-refractivity contribution in [3.8, 4) is 0 Å². The molecule has 19 heavy (non-hydrogen) atoms. The molecule has 1 aliphatic rings. The van der Waals surface area contributed by atoms with Crippen molar-refractivity contribution >= 4 is 26.9 Å². The van der Waals surface area contributed by atoms with E-state index in [0.717, 1.165) is 6.61 Å². The number of aliphatic imine (C=N–C) groups is 1. The summed E-state index contributed by atoms with van der Waals surface area (Å²) in [5.74, 6) is 0. The van der Waals surface area contributed by atoms with Gasteiger partial charge in [0, 0.05) is 7.11 Å². The highest BCUT2D eigenvalue weighted by Crippen LogP contribution is 2.20. The molecule has 0 saturated heterocycles. The minimum atomic E-state index is -5.84. The normalized spacial score (nSPS) is 20.3. The molecule has 0 spiro atoms. The van der Waals surface area contributed by atoms with E-state index >= 15 is 0 Å². The summed E-state index contributed by atoms with van der Waals surface area (Å²) in [5.41, 5.74) is -5.53. The van der Waals surface area contributed by atoms with Crippen molar-refractivity contribution in [2.24, 2.45) is 4.99 Å². The van der Waals surface area contributed by atoms with Gasteiger partial charge in [-0.3, -0.25) is 9.55 Å². The molecular formula is C9H16F3NO4S2. The van der Waals surface area contributed by atoms with Crippen LogP contribution >= 0.6 is 11.8 Å². The maximum absolute atomic E-state index is 10.7. The minimum Gasteiger partial charge on any atom is -0.382 e. The summed E-state index contributed by atoms with van der Waals surface area (Å²) in [4.78, 5) is 4.54. The first-order valence-electron chi connectivity index (χ1n) is 5.25. The molecule has 0 aromatic heterocycles. The lowest BCUT2D eigenvalue weighted by Crippen LogP contribution is -2.21. The molecule has 1 rings (SSSR count). The van der Waals surface area contributed by atoms with Gasteiger partial charge in [-0.1, -0.05) is 0 Å². The molecule has 0 radical (unpaired) electrons. The second-order valence-corrected chi connectivity index (χ2v) is 5.94. The molecule has 0 aromatic carbocycles. The molecule has 0 fully saturated rings. The Kier molecular flexibility index (Phi) is 7.94. The number of rotatable bonds is 2. The maximum atomic E-state index is 10.7. The Bertz CT molecular complexity index is 395. The van der Waals surface area contributed by atoms with Crippen LogP contribution < -0.4 is 0 Å². The Hall–Kier alpha value is -0.320. The van der Waals surface area contributed by atoms with E-state index < -0.39 is 15.6 Å². The highest BCUT2D eigenvalue weighted by Gasteiger charge is 2.44. The molecule has 0 saturated carbocycles. The fraction of sp³-hybridized carbons (Fsp3) is 0.889. The largest absolute Gasteiger partial charge is 0.522 e. The van der Waals surface area contributed by atoms with Gasteiger partial charge in [0.1, 0.15) is 0 Å². The first kappa shape index (κ1) is 18.7. The number of halogens is 3. The maximum Gasteiger partial charge on any atom is 0.522 e. The average molecular weight is 323 g/mol. The molecular weight excluding hydrogens is 307 g/mol. The fourth-order valence-corrected chi connectivity index (χ4v) is 1.89. The van der Waals surface area contributed by atoms with Crippen molar-refractivity contribution in [1.82, 2.24) is 0 Å². The van der Waals surface area contributed by atoms with Crippen molar-refractivity contribution in [3.05, 3.63) is 0 Å². The van der Waals surface area contributed by atoms with E-state index in [2.05, 4.69) is 11.2 Å². The summed E-state index contributed by atoms with van der Waals surface area (Å²) in [6.07, 6.45) is 5.72. The number of ether oxygens (including phenoxy) is 1. The van der Waals surface area contributed by atoms with E-state index in [1.54, 1.807) is 18.9 Å².